The van der Waals surface area contributed by atoms with Gasteiger partial charge in [-0.25, -0.2) is 0 Å². The molecule has 0 bridgehead atoms. The Morgan fingerprint density at radius 2 is 2.04 bits per heavy atom. The summed E-state index contributed by atoms with van der Waals surface area (Å²) in [4.78, 5) is 12.6. The highest BCUT2D eigenvalue weighted by molar-refractivity contribution is 6.32. The SMILES string of the molecule is CCOc1c(Cl)cc(C(=O)NCc2nncn2-c2ccccc2)cc1OC. The van der Waals surface area contributed by atoms with Gasteiger partial charge >= 0.3 is 0 Å². The van der Waals surface area contributed by atoms with Gasteiger partial charge in [0.1, 0.15) is 6.33 Å². The number of methoxy groups -OCH3 is 1. The minimum Gasteiger partial charge on any atom is -0.493 e. The normalized spacial score (nSPS) is 10.5. The lowest BCUT2D eigenvalue weighted by Gasteiger charge is -2.13. The number of ether oxygens (including phenoxy) is 2. The van der Waals surface area contributed by atoms with E-state index in [9.17, 15) is 4.79 Å². The molecular weight excluding hydrogens is 368 g/mol. The number of nitrogens with zero attached hydrogens (tertiary/aromatic N) is 3. The number of aromatic nitrogens is 3. The van der Waals surface area contributed by atoms with Gasteiger partial charge in [0, 0.05) is 11.3 Å². The number of benzene rings is 2. The van der Waals surface area contributed by atoms with Crippen LogP contribution in [0.15, 0.2) is 48.8 Å². The monoisotopic (exact) mass is 386 g/mol. The van der Waals surface area contributed by atoms with E-state index in [1.165, 1.54) is 7.11 Å². The highest BCUT2D eigenvalue weighted by Crippen LogP contribution is 2.36. The highest BCUT2D eigenvalue weighted by atomic mass is 35.5. The lowest BCUT2D eigenvalue weighted by Crippen LogP contribution is -2.24. The van der Waals surface area contributed by atoms with Crippen LogP contribution in [0.3, 0.4) is 0 Å². The first-order valence-corrected chi connectivity index (χ1v) is 8.74. The van der Waals surface area contributed by atoms with E-state index in [0.717, 1.165) is 5.69 Å². The minimum absolute atomic E-state index is 0.209. The summed E-state index contributed by atoms with van der Waals surface area (Å²) in [6.45, 7) is 2.50. The van der Waals surface area contributed by atoms with Gasteiger partial charge in [0.25, 0.3) is 5.91 Å². The zero-order chi connectivity index (χ0) is 19.2. The molecule has 1 heterocycles. The first-order chi connectivity index (χ1) is 13.1. The molecule has 3 aromatic rings. The maximum atomic E-state index is 12.6. The third-order valence-corrected chi connectivity index (χ3v) is 4.12. The van der Waals surface area contributed by atoms with Crippen LogP contribution in [0.2, 0.25) is 5.02 Å². The second kappa shape index (κ2) is 8.55. The van der Waals surface area contributed by atoms with Gasteiger partial charge in [-0.05, 0) is 31.2 Å². The number of rotatable bonds is 7. The number of amides is 1. The van der Waals surface area contributed by atoms with Crippen molar-refractivity contribution in [2.24, 2.45) is 0 Å². The zero-order valence-corrected chi connectivity index (χ0v) is 15.7. The van der Waals surface area contributed by atoms with Gasteiger partial charge < -0.3 is 14.8 Å². The Labute approximate surface area is 161 Å². The Balaban J connectivity index is 1.76. The van der Waals surface area contributed by atoms with Crippen LogP contribution in [0.1, 0.15) is 23.1 Å². The molecule has 3 rings (SSSR count). The number of hydrogen-bond acceptors (Lipinski definition) is 5. The summed E-state index contributed by atoms with van der Waals surface area (Å²) in [5.74, 6) is 1.13. The fraction of sp³-hybridized carbons (Fsp3) is 0.211. The van der Waals surface area contributed by atoms with Gasteiger partial charge in [-0.1, -0.05) is 29.8 Å². The average molecular weight is 387 g/mol. The molecule has 7 nitrogen and oxygen atoms in total. The molecule has 0 spiro atoms. The standard InChI is InChI=1S/C19H19ClN4O3/c1-3-27-18-15(20)9-13(10-16(18)26-2)19(25)21-11-17-23-22-12-24(17)14-7-5-4-6-8-14/h4-10,12H,3,11H2,1-2H3,(H,21,25). The molecule has 27 heavy (non-hydrogen) atoms. The summed E-state index contributed by atoms with van der Waals surface area (Å²) in [5, 5.41) is 11.1. The van der Waals surface area contributed by atoms with Crippen LogP contribution < -0.4 is 14.8 Å². The molecule has 0 aliphatic rings. The van der Waals surface area contributed by atoms with E-state index in [2.05, 4.69) is 15.5 Å². The van der Waals surface area contributed by atoms with Crippen LogP contribution in [-0.4, -0.2) is 34.4 Å². The van der Waals surface area contributed by atoms with E-state index in [1.54, 1.807) is 18.5 Å². The molecule has 140 valence electrons. The van der Waals surface area contributed by atoms with Crippen LogP contribution >= 0.6 is 11.6 Å². The quantitative estimate of drug-likeness (QED) is 0.674. The number of para-hydroxylation sites is 1. The summed E-state index contributed by atoms with van der Waals surface area (Å²) in [6, 6.07) is 12.8. The van der Waals surface area contributed by atoms with Gasteiger partial charge in [-0.2, -0.15) is 0 Å². The third kappa shape index (κ3) is 4.20. The third-order valence-electron chi connectivity index (χ3n) is 3.84. The first-order valence-electron chi connectivity index (χ1n) is 8.37. The molecule has 1 N–H and O–H groups in total. The lowest BCUT2D eigenvalue weighted by atomic mass is 10.2. The molecule has 0 atom stereocenters. The molecule has 1 aromatic heterocycles. The van der Waals surface area contributed by atoms with E-state index in [-0.39, 0.29) is 12.5 Å². The molecule has 8 heteroatoms. The van der Waals surface area contributed by atoms with Crippen molar-refractivity contribution in [3.05, 3.63) is 65.2 Å². The molecule has 1 amide bonds. The summed E-state index contributed by atoms with van der Waals surface area (Å²) in [5.41, 5.74) is 1.28. The maximum absolute atomic E-state index is 12.6. The van der Waals surface area contributed by atoms with E-state index in [0.29, 0.717) is 34.5 Å². The van der Waals surface area contributed by atoms with Crippen LogP contribution in [0, 0.1) is 0 Å². The lowest BCUT2D eigenvalue weighted by molar-refractivity contribution is 0.0949. The minimum atomic E-state index is -0.305. The Bertz CT molecular complexity index is 928. The van der Waals surface area contributed by atoms with Crippen molar-refractivity contribution in [1.82, 2.24) is 20.1 Å². The molecule has 0 aliphatic heterocycles. The Morgan fingerprint density at radius 3 is 2.74 bits per heavy atom. The van der Waals surface area contributed by atoms with Crippen molar-refractivity contribution in [2.45, 2.75) is 13.5 Å². The van der Waals surface area contributed by atoms with Crippen molar-refractivity contribution in [2.75, 3.05) is 13.7 Å². The Hall–Kier alpha value is -3.06. The topological polar surface area (TPSA) is 78.3 Å². The highest BCUT2D eigenvalue weighted by Gasteiger charge is 2.16. The van der Waals surface area contributed by atoms with Crippen molar-refractivity contribution in [3.63, 3.8) is 0 Å². The number of halogens is 1. The zero-order valence-electron chi connectivity index (χ0n) is 15.0. The summed E-state index contributed by atoms with van der Waals surface area (Å²) in [6.07, 6.45) is 1.60. The number of nitrogens with one attached hydrogen (secondary N) is 1. The smallest absolute Gasteiger partial charge is 0.251 e. The molecular formula is C19H19ClN4O3. The number of carbonyl (C=O) groups is 1. The molecule has 0 aliphatic carbocycles. The van der Waals surface area contributed by atoms with Crippen LogP contribution in [0.5, 0.6) is 11.5 Å². The van der Waals surface area contributed by atoms with Gasteiger partial charge in [-0.3, -0.25) is 9.36 Å². The molecule has 2 aromatic carbocycles. The summed E-state index contributed by atoms with van der Waals surface area (Å²) in [7, 11) is 1.50. The molecule has 0 radical (unpaired) electrons. The second-order valence-corrected chi connectivity index (χ2v) is 5.97. The fourth-order valence-electron chi connectivity index (χ4n) is 2.58. The van der Waals surface area contributed by atoms with Gasteiger partial charge in [0.05, 0.1) is 25.3 Å². The second-order valence-electron chi connectivity index (χ2n) is 5.56. The van der Waals surface area contributed by atoms with Crippen molar-refractivity contribution in [1.29, 1.82) is 0 Å². The van der Waals surface area contributed by atoms with Crippen molar-refractivity contribution >= 4 is 17.5 Å². The largest absolute Gasteiger partial charge is 0.493 e. The van der Waals surface area contributed by atoms with E-state index in [1.807, 2.05) is 41.8 Å². The Kier molecular flexibility index (Phi) is 5.93. The Morgan fingerprint density at radius 1 is 1.26 bits per heavy atom. The predicted octanol–water partition coefficient (Wildman–Crippen LogP) is 3.26. The van der Waals surface area contributed by atoms with Crippen molar-refractivity contribution in [3.8, 4) is 17.2 Å². The van der Waals surface area contributed by atoms with Crippen LogP contribution in [-0.2, 0) is 6.54 Å². The molecule has 0 saturated heterocycles. The van der Waals surface area contributed by atoms with Gasteiger partial charge in [-0.15, -0.1) is 10.2 Å². The van der Waals surface area contributed by atoms with Crippen molar-refractivity contribution < 1.29 is 14.3 Å². The fourth-order valence-corrected chi connectivity index (χ4v) is 2.85. The van der Waals surface area contributed by atoms with E-state index < -0.39 is 0 Å². The predicted molar refractivity (Wildman–Crippen MR) is 102 cm³/mol. The van der Waals surface area contributed by atoms with E-state index >= 15 is 0 Å². The van der Waals surface area contributed by atoms with E-state index in [4.69, 9.17) is 21.1 Å². The van der Waals surface area contributed by atoms with Gasteiger partial charge in [0.2, 0.25) is 0 Å². The van der Waals surface area contributed by atoms with Crippen LogP contribution in [0.25, 0.3) is 5.69 Å². The summed E-state index contributed by atoms with van der Waals surface area (Å²) >= 11 is 6.23. The number of hydrogen-bond donors (Lipinski definition) is 1. The first kappa shape index (κ1) is 18.7. The maximum Gasteiger partial charge on any atom is 0.251 e. The summed E-state index contributed by atoms with van der Waals surface area (Å²) < 4.78 is 12.6. The molecule has 0 fully saturated rings. The average Bonchev–Trinajstić information content (AvgIpc) is 3.16. The molecule has 0 unspecified atom stereocenters. The molecule has 0 saturated carbocycles. The van der Waals surface area contributed by atoms with Crippen LogP contribution in [0.4, 0.5) is 0 Å². The van der Waals surface area contributed by atoms with Gasteiger partial charge in [0.15, 0.2) is 17.3 Å². The number of carbonyl (C=O) groups excluding carboxylic acids is 1.